The maximum Gasteiger partial charge on any atom is 0.262 e. The van der Waals surface area contributed by atoms with Gasteiger partial charge >= 0.3 is 0 Å². The van der Waals surface area contributed by atoms with Crippen molar-refractivity contribution in [1.29, 1.82) is 0 Å². The number of nitrogens with two attached hydrogens (primary N) is 1. The molecule has 6 nitrogen and oxygen atoms in total. The molecule has 7 heteroatoms. The number of hydrogen-bond donors (Lipinski definition) is 3. The van der Waals surface area contributed by atoms with Crippen LogP contribution in [0.3, 0.4) is 0 Å². The second-order valence-electron chi connectivity index (χ2n) is 4.60. The van der Waals surface area contributed by atoms with Crippen LogP contribution in [0, 0.1) is 0 Å². The van der Waals surface area contributed by atoms with Crippen LogP contribution in [-0.4, -0.2) is 25.0 Å². The average Bonchev–Trinajstić information content (AvgIpc) is 2.57. The van der Waals surface area contributed by atoms with Crippen LogP contribution in [0.4, 0.5) is 11.4 Å². The summed E-state index contributed by atoms with van der Waals surface area (Å²) in [6, 6.07) is 13.8. The maximum atomic E-state index is 11.9. The molecule has 0 saturated carbocycles. The maximum absolute atomic E-state index is 11.9. The number of nitrogens with one attached hydrogen (secondary N) is 2. The summed E-state index contributed by atoms with van der Waals surface area (Å²) in [6.45, 7) is -0.283. The van der Waals surface area contributed by atoms with Crippen LogP contribution < -0.4 is 21.1 Å². The van der Waals surface area contributed by atoms with E-state index in [0.717, 1.165) is 0 Å². The molecule has 2 rings (SSSR count). The van der Waals surface area contributed by atoms with Gasteiger partial charge in [0.05, 0.1) is 17.3 Å². The molecule has 0 atom stereocenters. The summed E-state index contributed by atoms with van der Waals surface area (Å²) in [6.07, 6.45) is 0. The van der Waals surface area contributed by atoms with E-state index in [1.807, 2.05) is 18.2 Å². The number of halogens is 1. The molecule has 0 aliphatic carbocycles. The molecule has 4 N–H and O–H groups in total. The quantitative estimate of drug-likeness (QED) is 0.755. The Morgan fingerprint density at radius 1 is 1.04 bits per heavy atom. The molecule has 0 aliphatic heterocycles. The van der Waals surface area contributed by atoms with Gasteiger partial charge in [-0.15, -0.1) is 0 Å². The van der Waals surface area contributed by atoms with Crippen LogP contribution in [0.1, 0.15) is 0 Å². The minimum atomic E-state index is -0.372. The summed E-state index contributed by atoms with van der Waals surface area (Å²) >= 11 is 5.98. The van der Waals surface area contributed by atoms with E-state index >= 15 is 0 Å². The summed E-state index contributed by atoms with van der Waals surface area (Å²) in [4.78, 5) is 23.2. The Kier molecular flexibility index (Phi) is 5.96. The Bertz CT molecular complexity index is 692. The lowest BCUT2D eigenvalue weighted by atomic mass is 10.2. The van der Waals surface area contributed by atoms with Crippen molar-refractivity contribution in [2.75, 3.05) is 23.8 Å². The zero-order valence-corrected chi connectivity index (χ0v) is 13.0. The number of anilines is 2. The molecule has 0 fully saturated rings. The Labute approximate surface area is 138 Å². The van der Waals surface area contributed by atoms with Crippen molar-refractivity contribution in [3.8, 4) is 5.75 Å². The third-order valence-corrected chi connectivity index (χ3v) is 3.15. The van der Waals surface area contributed by atoms with E-state index in [-0.39, 0.29) is 25.0 Å². The van der Waals surface area contributed by atoms with Gasteiger partial charge in [-0.2, -0.15) is 0 Å². The van der Waals surface area contributed by atoms with Crippen molar-refractivity contribution >= 4 is 34.8 Å². The predicted molar refractivity (Wildman–Crippen MR) is 89.7 cm³/mol. The largest absolute Gasteiger partial charge is 0.484 e. The molecule has 0 aliphatic rings. The fraction of sp³-hybridized carbons (Fsp3) is 0.125. The van der Waals surface area contributed by atoms with Gasteiger partial charge in [0, 0.05) is 5.69 Å². The fourth-order valence-electron chi connectivity index (χ4n) is 1.76. The number of amides is 2. The third kappa shape index (κ3) is 5.28. The molecular formula is C16H16ClN3O3. The standard InChI is InChI=1S/C16H16ClN3O3/c17-13-7-6-11(8-14(13)20-15(21)9-18)19-16(22)10-23-12-4-2-1-3-5-12/h1-8H,9-10,18H2,(H,19,22)(H,20,21). The number of carbonyl (C=O) groups excluding carboxylic acids is 2. The highest BCUT2D eigenvalue weighted by molar-refractivity contribution is 6.33. The van der Waals surface area contributed by atoms with Crippen molar-refractivity contribution in [2.24, 2.45) is 5.73 Å². The molecule has 0 saturated heterocycles. The van der Waals surface area contributed by atoms with Gasteiger partial charge in [0.2, 0.25) is 5.91 Å². The highest BCUT2D eigenvalue weighted by Crippen LogP contribution is 2.25. The minimum absolute atomic E-state index is 0.128. The molecule has 0 spiro atoms. The molecule has 0 bridgehead atoms. The van der Waals surface area contributed by atoms with Crippen LogP contribution in [0.2, 0.25) is 5.02 Å². The summed E-state index contributed by atoms with van der Waals surface area (Å²) in [5, 5.41) is 5.57. The molecule has 120 valence electrons. The number of carbonyl (C=O) groups is 2. The van der Waals surface area contributed by atoms with Crippen molar-refractivity contribution in [2.45, 2.75) is 0 Å². The minimum Gasteiger partial charge on any atom is -0.484 e. The first-order valence-corrected chi connectivity index (χ1v) is 7.23. The van der Waals surface area contributed by atoms with Crippen molar-refractivity contribution in [3.63, 3.8) is 0 Å². The van der Waals surface area contributed by atoms with Crippen LogP contribution in [0.5, 0.6) is 5.75 Å². The van der Waals surface area contributed by atoms with Gasteiger partial charge in [-0.1, -0.05) is 29.8 Å². The number of rotatable bonds is 6. The monoisotopic (exact) mass is 333 g/mol. The van der Waals surface area contributed by atoms with Crippen molar-refractivity contribution < 1.29 is 14.3 Å². The number of para-hydroxylation sites is 1. The Morgan fingerprint density at radius 2 is 1.78 bits per heavy atom. The first-order valence-electron chi connectivity index (χ1n) is 6.85. The summed E-state index contributed by atoms with van der Waals surface area (Å²) in [5.41, 5.74) is 6.11. The van der Waals surface area contributed by atoms with Gasteiger partial charge in [-0.3, -0.25) is 9.59 Å². The van der Waals surface area contributed by atoms with Crippen LogP contribution >= 0.6 is 11.6 Å². The first-order chi connectivity index (χ1) is 11.1. The van der Waals surface area contributed by atoms with Gasteiger partial charge in [0.1, 0.15) is 5.75 Å². The van der Waals surface area contributed by atoms with Gasteiger partial charge in [-0.05, 0) is 30.3 Å². The predicted octanol–water partition coefficient (Wildman–Crippen LogP) is 2.25. The van der Waals surface area contributed by atoms with Gasteiger partial charge in [0.15, 0.2) is 6.61 Å². The second-order valence-corrected chi connectivity index (χ2v) is 5.00. The lowest BCUT2D eigenvalue weighted by Gasteiger charge is -2.10. The second kappa shape index (κ2) is 8.17. The van der Waals surface area contributed by atoms with Crippen LogP contribution in [0.15, 0.2) is 48.5 Å². The number of hydrogen-bond acceptors (Lipinski definition) is 4. The van der Waals surface area contributed by atoms with Crippen molar-refractivity contribution in [3.05, 3.63) is 53.6 Å². The van der Waals surface area contributed by atoms with Crippen molar-refractivity contribution in [1.82, 2.24) is 0 Å². The molecule has 2 aromatic carbocycles. The van der Waals surface area contributed by atoms with E-state index in [1.165, 1.54) is 0 Å². The smallest absolute Gasteiger partial charge is 0.262 e. The zero-order valence-electron chi connectivity index (χ0n) is 12.2. The topological polar surface area (TPSA) is 93.5 Å². The van der Waals surface area contributed by atoms with Crippen LogP contribution in [0.25, 0.3) is 0 Å². The van der Waals surface area contributed by atoms with E-state index < -0.39 is 0 Å². The average molecular weight is 334 g/mol. The van der Waals surface area contributed by atoms with Gasteiger partial charge in [0.25, 0.3) is 5.91 Å². The number of benzene rings is 2. The van der Waals surface area contributed by atoms with E-state index in [1.54, 1.807) is 30.3 Å². The molecule has 2 amide bonds. The summed E-state index contributed by atoms with van der Waals surface area (Å²) < 4.78 is 5.35. The number of ether oxygens (including phenoxy) is 1. The van der Waals surface area contributed by atoms with Gasteiger partial charge < -0.3 is 21.1 Å². The van der Waals surface area contributed by atoms with Crippen LogP contribution in [-0.2, 0) is 9.59 Å². The molecule has 0 heterocycles. The third-order valence-electron chi connectivity index (χ3n) is 2.82. The molecule has 23 heavy (non-hydrogen) atoms. The normalized spacial score (nSPS) is 10.0. The van der Waals surface area contributed by atoms with E-state index in [2.05, 4.69) is 10.6 Å². The molecule has 0 aromatic heterocycles. The van der Waals surface area contributed by atoms with E-state index in [4.69, 9.17) is 22.1 Å². The molecule has 2 aromatic rings. The molecule has 0 radical (unpaired) electrons. The van der Waals surface area contributed by atoms with Gasteiger partial charge in [-0.25, -0.2) is 0 Å². The van der Waals surface area contributed by atoms with E-state index in [9.17, 15) is 9.59 Å². The summed E-state index contributed by atoms with van der Waals surface area (Å²) in [7, 11) is 0. The highest BCUT2D eigenvalue weighted by Gasteiger charge is 2.08. The Balaban J connectivity index is 1.95. The lowest BCUT2D eigenvalue weighted by Crippen LogP contribution is -2.22. The molecule has 0 unspecified atom stereocenters. The summed E-state index contributed by atoms with van der Waals surface area (Å²) in [5.74, 6) is -0.0929. The molecular weight excluding hydrogens is 318 g/mol. The first kappa shape index (κ1) is 16.8. The highest BCUT2D eigenvalue weighted by atomic mass is 35.5. The lowest BCUT2D eigenvalue weighted by molar-refractivity contribution is -0.118. The Morgan fingerprint density at radius 3 is 2.48 bits per heavy atom. The van der Waals surface area contributed by atoms with E-state index in [0.29, 0.717) is 22.1 Å². The Hall–Kier alpha value is -2.57. The SMILES string of the molecule is NCC(=O)Nc1cc(NC(=O)COc2ccccc2)ccc1Cl. The fourth-order valence-corrected chi connectivity index (χ4v) is 1.93. The zero-order chi connectivity index (χ0) is 16.7.